The van der Waals surface area contributed by atoms with Crippen LogP contribution in [0.4, 0.5) is 0 Å². The molecule has 1 aliphatic rings. The summed E-state index contributed by atoms with van der Waals surface area (Å²) in [7, 11) is 0. The summed E-state index contributed by atoms with van der Waals surface area (Å²) in [6.07, 6.45) is 20.4. The van der Waals surface area contributed by atoms with Gasteiger partial charge in [0.25, 0.3) is 0 Å². The predicted octanol–water partition coefficient (Wildman–Crippen LogP) is 6.58. The van der Waals surface area contributed by atoms with Crippen LogP contribution in [0.15, 0.2) is 66.0 Å². The van der Waals surface area contributed by atoms with Crippen LogP contribution in [0.1, 0.15) is 71.1 Å². The quantitative estimate of drug-likeness (QED) is 0.192. The van der Waals surface area contributed by atoms with E-state index < -0.39 is 0 Å². The van der Waals surface area contributed by atoms with E-state index >= 15 is 0 Å². The monoisotopic (exact) mass is 398 g/mol. The average Bonchev–Trinajstić information content (AvgIpc) is 3.35. The molecule has 0 fully saturated rings. The van der Waals surface area contributed by atoms with Crippen LogP contribution in [0, 0.1) is 0 Å². The van der Waals surface area contributed by atoms with Gasteiger partial charge in [0.05, 0.1) is 6.04 Å². The zero-order valence-electron chi connectivity index (χ0n) is 16.2. The second-order valence-electron chi connectivity index (χ2n) is 6.74. The van der Waals surface area contributed by atoms with Gasteiger partial charge in [0.1, 0.15) is 5.76 Å². The molecular formula is C23H36FeNO-. The topological polar surface area (TPSA) is 46.2 Å². The van der Waals surface area contributed by atoms with Crippen LogP contribution in [0.5, 0.6) is 0 Å². The predicted molar refractivity (Wildman–Crippen MR) is 110 cm³/mol. The van der Waals surface area contributed by atoms with Crippen molar-refractivity contribution in [2.75, 3.05) is 0 Å². The minimum atomic E-state index is -0.207. The number of hydrogen-bond donors (Lipinski definition) is 2. The van der Waals surface area contributed by atoms with Gasteiger partial charge in [0.15, 0.2) is 0 Å². The molecule has 2 rings (SSSR count). The Balaban J connectivity index is 0.000000893. The fraction of sp³-hybridized carbons (Fsp3) is 0.522. The van der Waals surface area contributed by atoms with E-state index in [0.717, 1.165) is 18.4 Å². The SMILES string of the molecule is CCCCCCCCCCCC(N)C(O)=C1C=CC=C1.[Fe].c1cc[cH-]c1. The third kappa shape index (κ3) is 12.2. The van der Waals surface area contributed by atoms with Gasteiger partial charge < -0.3 is 10.8 Å². The number of aliphatic hydroxyl groups is 1. The molecule has 1 aliphatic carbocycles. The van der Waals surface area contributed by atoms with Gasteiger partial charge >= 0.3 is 0 Å². The number of aliphatic hydroxyl groups excluding tert-OH is 1. The first-order valence-corrected chi connectivity index (χ1v) is 9.95. The van der Waals surface area contributed by atoms with Gasteiger partial charge in [-0.25, -0.2) is 12.1 Å². The van der Waals surface area contributed by atoms with E-state index in [1.807, 2.05) is 54.6 Å². The molecule has 1 unspecified atom stereocenters. The Morgan fingerprint density at radius 3 is 1.88 bits per heavy atom. The smallest absolute Gasteiger partial charge is 0.116 e. The van der Waals surface area contributed by atoms with E-state index in [1.165, 1.54) is 51.4 Å². The number of allylic oxidation sites excluding steroid dienone is 5. The van der Waals surface area contributed by atoms with Gasteiger partial charge in [-0.05, 0) is 6.42 Å². The molecule has 2 nitrogen and oxygen atoms in total. The molecule has 0 heterocycles. The molecule has 1 aromatic carbocycles. The molecule has 26 heavy (non-hydrogen) atoms. The van der Waals surface area contributed by atoms with E-state index in [-0.39, 0.29) is 23.1 Å². The van der Waals surface area contributed by atoms with Crippen LogP contribution in [-0.4, -0.2) is 11.1 Å². The molecule has 1 atom stereocenters. The third-order valence-corrected chi connectivity index (χ3v) is 4.48. The Labute approximate surface area is 171 Å². The summed E-state index contributed by atoms with van der Waals surface area (Å²) in [6.45, 7) is 2.26. The molecule has 3 heteroatoms. The number of hydrogen-bond acceptors (Lipinski definition) is 2. The molecule has 0 aromatic heterocycles. The molecule has 1 aromatic rings. The first kappa shape index (κ1) is 24.8. The summed E-state index contributed by atoms with van der Waals surface area (Å²) in [6, 6.07) is 9.79. The van der Waals surface area contributed by atoms with E-state index in [9.17, 15) is 5.11 Å². The van der Waals surface area contributed by atoms with Crippen molar-refractivity contribution in [2.24, 2.45) is 5.73 Å². The number of rotatable bonds is 11. The fourth-order valence-electron chi connectivity index (χ4n) is 2.89. The van der Waals surface area contributed by atoms with Crippen LogP contribution >= 0.6 is 0 Å². The van der Waals surface area contributed by atoms with Crippen molar-refractivity contribution >= 4 is 0 Å². The molecule has 0 spiro atoms. The Kier molecular flexibility index (Phi) is 16.5. The molecule has 0 saturated carbocycles. The average molecular weight is 398 g/mol. The molecule has 0 aliphatic heterocycles. The van der Waals surface area contributed by atoms with E-state index in [2.05, 4.69) is 6.92 Å². The Morgan fingerprint density at radius 2 is 1.42 bits per heavy atom. The summed E-state index contributed by atoms with van der Waals surface area (Å²) in [5, 5.41) is 9.99. The van der Waals surface area contributed by atoms with Crippen molar-refractivity contribution in [3.05, 3.63) is 66.0 Å². The Morgan fingerprint density at radius 1 is 0.923 bits per heavy atom. The zero-order valence-corrected chi connectivity index (χ0v) is 17.3. The van der Waals surface area contributed by atoms with Crippen LogP contribution in [0.25, 0.3) is 0 Å². The van der Waals surface area contributed by atoms with Crippen molar-refractivity contribution in [1.82, 2.24) is 0 Å². The first-order valence-electron chi connectivity index (χ1n) is 9.95. The number of nitrogens with two attached hydrogens (primary N) is 1. The molecule has 0 amide bonds. The minimum Gasteiger partial charge on any atom is -0.510 e. The maximum atomic E-state index is 9.99. The fourth-order valence-corrected chi connectivity index (χ4v) is 2.89. The minimum absolute atomic E-state index is 0. The first-order chi connectivity index (χ1) is 12.3. The largest absolute Gasteiger partial charge is 0.510 e. The van der Waals surface area contributed by atoms with Crippen molar-refractivity contribution in [1.29, 1.82) is 0 Å². The van der Waals surface area contributed by atoms with Crippen molar-refractivity contribution in [2.45, 2.75) is 77.2 Å². The summed E-state index contributed by atoms with van der Waals surface area (Å²) in [5.41, 5.74) is 6.89. The van der Waals surface area contributed by atoms with Gasteiger partial charge in [-0.2, -0.15) is 18.2 Å². The molecule has 0 radical (unpaired) electrons. The maximum absolute atomic E-state index is 9.99. The maximum Gasteiger partial charge on any atom is 0.116 e. The second kappa shape index (κ2) is 17.3. The van der Waals surface area contributed by atoms with Gasteiger partial charge in [0.2, 0.25) is 0 Å². The standard InChI is InChI=1S/C18H31NO.C5H5.Fe/c1-2-3-4-5-6-7-8-9-10-15-17(19)18(20)16-13-11-12-14-16;1-2-4-5-3-1;/h11-14,17,20H,2-10,15,19H2,1H3;1-5H;/q;-1;. The molecular weight excluding hydrogens is 362 g/mol. The van der Waals surface area contributed by atoms with Crippen LogP contribution in [-0.2, 0) is 17.1 Å². The van der Waals surface area contributed by atoms with E-state index in [0.29, 0.717) is 5.76 Å². The van der Waals surface area contributed by atoms with Crippen molar-refractivity contribution in [3.8, 4) is 0 Å². The Bertz CT molecular complexity index is 471. The Hall–Kier alpha value is -1.15. The van der Waals surface area contributed by atoms with Crippen molar-refractivity contribution < 1.29 is 22.2 Å². The summed E-state index contributed by atoms with van der Waals surface area (Å²) in [4.78, 5) is 0. The normalized spacial score (nSPS) is 13.1. The summed E-state index contributed by atoms with van der Waals surface area (Å²) >= 11 is 0. The molecule has 0 saturated heterocycles. The van der Waals surface area contributed by atoms with Gasteiger partial charge in [-0.3, -0.25) is 0 Å². The van der Waals surface area contributed by atoms with Crippen molar-refractivity contribution in [3.63, 3.8) is 0 Å². The van der Waals surface area contributed by atoms with Gasteiger partial charge in [0, 0.05) is 22.6 Å². The summed E-state index contributed by atoms with van der Waals surface area (Å²) in [5.74, 6) is 0.342. The zero-order chi connectivity index (χ0) is 18.2. The third-order valence-electron chi connectivity index (χ3n) is 4.48. The number of unbranched alkanes of at least 4 members (excludes halogenated alkanes) is 8. The molecule has 148 valence electrons. The van der Waals surface area contributed by atoms with Gasteiger partial charge in [-0.15, -0.1) is 0 Å². The van der Waals surface area contributed by atoms with Crippen LogP contribution in [0.3, 0.4) is 0 Å². The second-order valence-corrected chi connectivity index (χ2v) is 6.74. The van der Waals surface area contributed by atoms with E-state index in [4.69, 9.17) is 5.73 Å². The molecule has 0 bridgehead atoms. The van der Waals surface area contributed by atoms with Crippen LogP contribution < -0.4 is 5.73 Å². The summed E-state index contributed by atoms with van der Waals surface area (Å²) < 4.78 is 0. The van der Waals surface area contributed by atoms with Crippen LogP contribution in [0.2, 0.25) is 0 Å². The van der Waals surface area contributed by atoms with Gasteiger partial charge in [-0.1, -0.05) is 89.0 Å². The molecule has 3 N–H and O–H groups in total. The van der Waals surface area contributed by atoms with E-state index in [1.54, 1.807) is 0 Å².